The first-order valence-electron chi connectivity index (χ1n) is 20.8. The van der Waals surface area contributed by atoms with E-state index in [0.29, 0.717) is 11.6 Å². The molecule has 404 valence electrons. The van der Waals surface area contributed by atoms with Gasteiger partial charge in [0, 0.05) is 25.7 Å². The molecule has 1 amide bonds. The molecule has 0 unspecified atom stereocenters. The first-order valence-corrected chi connectivity index (χ1v) is 23.1. The van der Waals surface area contributed by atoms with Gasteiger partial charge >= 0.3 is 59.7 Å². The summed E-state index contributed by atoms with van der Waals surface area (Å²) >= 11 is 0. The molecule has 0 aliphatic carbocycles. The molecule has 0 radical (unpaired) electrons. The average Bonchev–Trinajstić information content (AvgIpc) is 3.24. The van der Waals surface area contributed by atoms with Crippen LogP contribution in [0.25, 0.3) is 0 Å². The van der Waals surface area contributed by atoms with Crippen molar-refractivity contribution in [1.82, 2.24) is 0 Å². The molecule has 0 aromatic heterocycles. The number of ether oxygens (including phenoxy) is 4. The van der Waals surface area contributed by atoms with E-state index in [1.54, 1.807) is 19.9 Å². The molecular formula is C43H48F19NO7Si. The number of benzene rings is 2. The maximum absolute atomic E-state index is 15.1. The minimum absolute atomic E-state index is 0.0144. The molecule has 0 heterocycles. The van der Waals surface area contributed by atoms with Crippen LogP contribution in [0, 0.1) is 11.6 Å². The van der Waals surface area contributed by atoms with Crippen LogP contribution in [-0.2, 0) is 23.4 Å². The van der Waals surface area contributed by atoms with Crippen LogP contribution in [0.15, 0.2) is 66.3 Å². The van der Waals surface area contributed by atoms with Gasteiger partial charge in [0.25, 0.3) is 0 Å². The number of hydrogen-bond donors (Lipinski definition) is 1. The zero-order valence-electron chi connectivity index (χ0n) is 38.4. The number of anilines is 1. The number of esters is 1. The molecule has 2 aromatic rings. The highest BCUT2D eigenvalue weighted by molar-refractivity contribution is 6.76. The Morgan fingerprint density at radius 3 is 1.72 bits per heavy atom. The van der Waals surface area contributed by atoms with Crippen molar-refractivity contribution in [3.05, 3.63) is 83.5 Å². The fourth-order valence-corrected chi connectivity index (χ4v) is 11.3. The molecule has 0 fully saturated rings. The zero-order chi connectivity index (χ0) is 55.0. The van der Waals surface area contributed by atoms with Gasteiger partial charge in [-0.25, -0.2) is 18.4 Å². The Balaban J connectivity index is 2.36. The van der Waals surface area contributed by atoms with Crippen LogP contribution in [0.4, 0.5) is 93.9 Å². The number of carbonyl (C=O) groups is 2. The van der Waals surface area contributed by atoms with Gasteiger partial charge in [0.2, 0.25) is 0 Å². The Kier molecular flexibility index (Phi) is 20.6. The van der Waals surface area contributed by atoms with Gasteiger partial charge < -0.3 is 23.4 Å². The van der Waals surface area contributed by atoms with Crippen molar-refractivity contribution in [3.63, 3.8) is 0 Å². The predicted octanol–water partition coefficient (Wildman–Crippen LogP) is 14.3. The number of carbonyl (C=O) groups excluding carboxylic acids is 2. The molecule has 2 aromatic carbocycles. The summed E-state index contributed by atoms with van der Waals surface area (Å²) in [5.74, 6) is -59.7. The van der Waals surface area contributed by atoms with Gasteiger partial charge in [-0.3, -0.25) is 5.32 Å². The lowest BCUT2D eigenvalue weighted by atomic mass is 9.88. The zero-order valence-corrected chi connectivity index (χ0v) is 39.4. The van der Waals surface area contributed by atoms with Crippen LogP contribution >= 0.6 is 0 Å². The van der Waals surface area contributed by atoms with Crippen LogP contribution in [0.1, 0.15) is 66.1 Å². The molecule has 0 spiro atoms. The number of alkyl halides is 17. The van der Waals surface area contributed by atoms with Gasteiger partial charge in [0.15, 0.2) is 14.4 Å². The van der Waals surface area contributed by atoms with Crippen LogP contribution in [0.3, 0.4) is 0 Å². The lowest BCUT2D eigenvalue weighted by Gasteiger charge is -2.44. The Labute approximate surface area is 395 Å². The fourth-order valence-electron chi connectivity index (χ4n) is 6.85. The van der Waals surface area contributed by atoms with E-state index >= 15 is 8.78 Å². The maximum Gasteiger partial charge on any atom is 0.460 e. The summed E-state index contributed by atoms with van der Waals surface area (Å²) in [6, 6.07) is 6.22. The van der Waals surface area contributed by atoms with E-state index in [4.69, 9.17) is 23.4 Å². The second kappa shape index (κ2) is 23.4. The van der Waals surface area contributed by atoms with Crippen LogP contribution in [0.5, 0.6) is 5.75 Å². The summed E-state index contributed by atoms with van der Waals surface area (Å²) in [5, 5.41) is 2.13. The molecule has 8 nitrogen and oxygen atoms in total. The van der Waals surface area contributed by atoms with Crippen LogP contribution < -0.4 is 10.1 Å². The van der Waals surface area contributed by atoms with E-state index in [-0.39, 0.29) is 24.3 Å². The van der Waals surface area contributed by atoms with Crippen molar-refractivity contribution >= 4 is 26.1 Å². The summed E-state index contributed by atoms with van der Waals surface area (Å²) < 4.78 is 292. The van der Waals surface area contributed by atoms with Crippen molar-refractivity contribution in [3.8, 4) is 5.75 Å². The van der Waals surface area contributed by atoms with E-state index in [1.165, 1.54) is 71.2 Å². The molecule has 0 saturated carbocycles. The molecule has 28 heteroatoms. The summed E-state index contributed by atoms with van der Waals surface area (Å²) in [6.45, 7) is 7.36. The van der Waals surface area contributed by atoms with Crippen LogP contribution in [-0.4, -0.2) is 101 Å². The highest BCUT2D eigenvalue weighted by atomic mass is 28.4. The monoisotopic (exact) mass is 1080 g/mol. The fraction of sp³-hybridized carbons (Fsp3) is 0.581. The Morgan fingerprint density at radius 1 is 0.718 bits per heavy atom. The lowest BCUT2D eigenvalue weighted by molar-refractivity contribution is -0.461. The van der Waals surface area contributed by atoms with Crippen LogP contribution in [0.2, 0.25) is 17.1 Å². The van der Waals surface area contributed by atoms with Crippen molar-refractivity contribution in [2.24, 2.45) is 0 Å². The van der Waals surface area contributed by atoms with Gasteiger partial charge in [-0.05, 0) is 72.8 Å². The molecule has 0 saturated heterocycles. The highest BCUT2D eigenvalue weighted by Crippen LogP contribution is 2.64. The van der Waals surface area contributed by atoms with Gasteiger partial charge in [-0.15, -0.1) is 0 Å². The number of methoxy groups -OCH3 is 1. The quantitative estimate of drug-likeness (QED) is 0.0251. The molecule has 71 heavy (non-hydrogen) atoms. The molecule has 2 atom stereocenters. The van der Waals surface area contributed by atoms with E-state index in [0.717, 1.165) is 12.1 Å². The molecule has 0 aliphatic rings. The summed E-state index contributed by atoms with van der Waals surface area (Å²) in [6.07, 6.45) is -9.67. The SMILES string of the molecule is CCOC(=O)/C=C(C)/C=C/C[C@H](OC)[C@@H](OC(=O)Nc1ccc(F)cc1F)c1ccc(OCCO[Si](CCC(F)(F)C(F)(F)C(F)(F)C(F)(F)C(F)(F)C(F)(F)C(F)(F)C(F)(F)F)(C(C)C)C(C)C)cc1. The van der Waals surface area contributed by atoms with Crippen molar-refractivity contribution < 1.29 is 116 Å². The van der Waals surface area contributed by atoms with Gasteiger partial charge in [-0.1, -0.05) is 52.0 Å². The summed E-state index contributed by atoms with van der Waals surface area (Å²) in [4.78, 5) is 24.8. The molecule has 0 aliphatic heterocycles. The number of halogens is 19. The molecular weight excluding hydrogens is 1030 g/mol. The second-order valence-electron chi connectivity index (χ2n) is 16.3. The topological polar surface area (TPSA) is 92.3 Å². The minimum atomic E-state index is -8.73. The van der Waals surface area contributed by atoms with Crippen molar-refractivity contribution in [2.75, 3.05) is 32.2 Å². The largest absolute Gasteiger partial charge is 0.491 e. The third-order valence-corrected chi connectivity index (χ3v) is 16.6. The maximum atomic E-state index is 15.1. The smallest absolute Gasteiger partial charge is 0.460 e. The average molecular weight is 1080 g/mol. The van der Waals surface area contributed by atoms with Gasteiger partial charge in [0.05, 0.1) is 18.9 Å². The third kappa shape index (κ3) is 13.5. The Hall–Kier alpha value is -4.73. The number of nitrogens with one attached hydrogen (secondary N) is 1. The molecule has 2 rings (SSSR count). The predicted molar refractivity (Wildman–Crippen MR) is 218 cm³/mol. The summed E-state index contributed by atoms with van der Waals surface area (Å²) in [7, 11) is -2.82. The number of allylic oxidation sites excluding steroid dienone is 2. The van der Waals surface area contributed by atoms with E-state index < -0.39 is 134 Å². The number of hydrogen-bond acceptors (Lipinski definition) is 7. The highest BCUT2D eigenvalue weighted by Gasteiger charge is 2.95. The Morgan fingerprint density at radius 2 is 1.24 bits per heavy atom. The van der Waals surface area contributed by atoms with Crippen molar-refractivity contribution in [1.29, 1.82) is 0 Å². The van der Waals surface area contributed by atoms with E-state index in [9.17, 15) is 84.2 Å². The summed E-state index contributed by atoms with van der Waals surface area (Å²) in [5.41, 5.74) is -1.65. The normalized spacial score (nSPS) is 15.1. The first kappa shape index (κ1) is 62.4. The number of amides is 1. The number of rotatable bonds is 26. The standard InChI is InChI=1S/C43H48F19NO7Si/c1-8-67-33(64)22-26(6)10-9-11-32(66-7)34(70-35(65)63-31-17-14-28(44)23-30(31)45)27-12-15-29(16-13-27)68-19-20-69-71(24(2)3,25(4)5)21-18-36(46,47)37(48,49)38(50,51)39(52,53)40(54,55)41(56,57)42(58,59)43(60,61)62/h9-10,12-17,22-25,32,34H,8,11,18-21H2,1-7H3,(H,63,65)/b10-9+,26-22+/t32-,34-/m0/s1. The van der Waals surface area contributed by atoms with E-state index in [2.05, 4.69) is 5.32 Å². The lowest BCUT2D eigenvalue weighted by Crippen LogP contribution is -2.74. The Bertz CT molecular complexity index is 2140. The van der Waals surface area contributed by atoms with Crippen molar-refractivity contribution in [2.45, 2.75) is 131 Å². The van der Waals surface area contributed by atoms with Gasteiger partial charge in [0.1, 0.15) is 30.1 Å². The molecule has 0 bridgehead atoms. The second-order valence-corrected chi connectivity index (χ2v) is 21.3. The molecule has 1 N–H and O–H groups in total. The van der Waals surface area contributed by atoms with Gasteiger partial charge in [-0.2, -0.15) is 74.6 Å². The first-order chi connectivity index (χ1) is 32.3. The third-order valence-electron chi connectivity index (χ3n) is 10.9. The minimum Gasteiger partial charge on any atom is -0.491 e. The van der Waals surface area contributed by atoms with E-state index in [1.807, 2.05) is 0 Å².